The second kappa shape index (κ2) is 5.85. The number of halogens is 1. The summed E-state index contributed by atoms with van der Waals surface area (Å²) in [5, 5.41) is 2.75. The average molecular weight is 347 g/mol. The van der Waals surface area contributed by atoms with Gasteiger partial charge in [-0.05, 0) is 52.4 Å². The molecule has 0 saturated carbocycles. The van der Waals surface area contributed by atoms with Gasteiger partial charge in [0, 0.05) is 10.7 Å². The van der Waals surface area contributed by atoms with Crippen molar-refractivity contribution in [3.63, 3.8) is 0 Å². The van der Waals surface area contributed by atoms with Crippen LogP contribution >= 0.6 is 15.9 Å². The first kappa shape index (κ1) is 14.1. The number of H-pyrrole nitrogens is 1. The van der Waals surface area contributed by atoms with Crippen LogP contribution in [-0.4, -0.2) is 10.9 Å². The first-order chi connectivity index (χ1) is 10.1. The largest absolute Gasteiger partial charge is 0.326 e. The van der Waals surface area contributed by atoms with Crippen molar-refractivity contribution < 1.29 is 4.79 Å². The Kier molecular flexibility index (Phi) is 3.92. The average Bonchev–Trinajstić information content (AvgIpc) is 2.50. The number of aromatic nitrogens is 1. The van der Waals surface area contributed by atoms with Crippen LogP contribution in [0.2, 0.25) is 0 Å². The minimum absolute atomic E-state index is 0.120. The lowest BCUT2D eigenvalue weighted by Crippen LogP contribution is -2.27. The van der Waals surface area contributed by atoms with Crippen molar-refractivity contribution in [1.82, 2.24) is 4.98 Å². The maximum Gasteiger partial charge on any atom is 0.271 e. The molecule has 1 aromatic carbocycles. The highest BCUT2D eigenvalue weighted by molar-refractivity contribution is 9.10. The number of hydrogen-bond donors (Lipinski definition) is 2. The lowest BCUT2D eigenvalue weighted by Gasteiger charge is -2.24. The molecule has 0 bridgehead atoms. The lowest BCUT2D eigenvalue weighted by atomic mass is 9.82. The van der Waals surface area contributed by atoms with Gasteiger partial charge >= 0.3 is 0 Å². The standard InChI is InChI=1S/C16H15BrN2O2/c17-11-8-14(16(21)18-9-11)19-15(20)13-7-3-5-10-4-1-2-6-12(10)13/h1-2,4,6,8-9,13H,3,5,7H2,(H,18,21)(H,19,20). The van der Waals surface area contributed by atoms with Crippen molar-refractivity contribution in [3.05, 3.63) is 62.5 Å². The molecule has 2 N–H and O–H groups in total. The maximum atomic E-state index is 12.5. The fourth-order valence-electron chi connectivity index (χ4n) is 2.80. The zero-order valence-electron chi connectivity index (χ0n) is 11.4. The van der Waals surface area contributed by atoms with Crippen LogP contribution in [0.1, 0.15) is 29.9 Å². The molecule has 1 unspecified atom stereocenters. The molecule has 1 heterocycles. The number of aromatic amines is 1. The molecule has 21 heavy (non-hydrogen) atoms. The van der Waals surface area contributed by atoms with Gasteiger partial charge < -0.3 is 10.3 Å². The Morgan fingerprint density at radius 2 is 2.14 bits per heavy atom. The number of hydrogen-bond acceptors (Lipinski definition) is 2. The molecule has 1 atom stereocenters. The Labute approximate surface area is 130 Å². The molecule has 1 aromatic heterocycles. The molecule has 1 aliphatic rings. The van der Waals surface area contributed by atoms with Crippen LogP contribution in [0.15, 0.2) is 45.8 Å². The van der Waals surface area contributed by atoms with E-state index in [1.807, 2.05) is 18.2 Å². The Hall–Kier alpha value is -1.88. The highest BCUT2D eigenvalue weighted by Crippen LogP contribution is 2.32. The van der Waals surface area contributed by atoms with Crippen LogP contribution in [0.3, 0.4) is 0 Å². The summed E-state index contributed by atoms with van der Waals surface area (Å²) in [5.41, 5.74) is 2.29. The second-order valence-electron chi connectivity index (χ2n) is 5.19. The van der Waals surface area contributed by atoms with E-state index in [1.165, 1.54) is 5.56 Å². The number of rotatable bonds is 2. The fourth-order valence-corrected chi connectivity index (χ4v) is 3.14. The number of pyridine rings is 1. The molecule has 0 saturated heterocycles. The smallest absolute Gasteiger partial charge is 0.271 e. The van der Waals surface area contributed by atoms with E-state index < -0.39 is 0 Å². The normalized spacial score (nSPS) is 17.1. The third kappa shape index (κ3) is 2.93. The Bertz CT molecular complexity index is 739. The Morgan fingerprint density at radius 1 is 1.33 bits per heavy atom. The van der Waals surface area contributed by atoms with E-state index in [1.54, 1.807) is 12.3 Å². The van der Waals surface area contributed by atoms with Crippen molar-refractivity contribution in [1.29, 1.82) is 0 Å². The molecule has 1 aliphatic carbocycles. The molecular formula is C16H15BrN2O2. The molecule has 4 nitrogen and oxygen atoms in total. The van der Waals surface area contributed by atoms with E-state index in [9.17, 15) is 9.59 Å². The van der Waals surface area contributed by atoms with Gasteiger partial charge in [-0.25, -0.2) is 0 Å². The summed E-state index contributed by atoms with van der Waals surface area (Å²) < 4.78 is 0.724. The van der Waals surface area contributed by atoms with Gasteiger partial charge in [-0.15, -0.1) is 0 Å². The van der Waals surface area contributed by atoms with Crippen molar-refractivity contribution in [2.24, 2.45) is 0 Å². The summed E-state index contributed by atoms with van der Waals surface area (Å²) in [6.07, 6.45) is 4.37. The lowest BCUT2D eigenvalue weighted by molar-refractivity contribution is -0.117. The monoisotopic (exact) mass is 346 g/mol. The van der Waals surface area contributed by atoms with E-state index >= 15 is 0 Å². The number of anilines is 1. The first-order valence-corrected chi connectivity index (χ1v) is 7.71. The molecule has 0 fully saturated rings. The number of benzene rings is 1. The quantitative estimate of drug-likeness (QED) is 0.876. The van der Waals surface area contributed by atoms with Crippen LogP contribution in [0.4, 0.5) is 5.69 Å². The van der Waals surface area contributed by atoms with Crippen LogP contribution < -0.4 is 10.9 Å². The van der Waals surface area contributed by atoms with E-state index in [2.05, 4.69) is 32.3 Å². The number of carbonyl (C=O) groups is 1. The van der Waals surface area contributed by atoms with Crippen LogP contribution in [0.25, 0.3) is 0 Å². The first-order valence-electron chi connectivity index (χ1n) is 6.92. The number of nitrogens with one attached hydrogen (secondary N) is 2. The molecule has 2 aromatic rings. The number of aryl methyl sites for hydroxylation is 1. The highest BCUT2D eigenvalue weighted by Gasteiger charge is 2.26. The SMILES string of the molecule is O=C(Nc1cc(Br)c[nH]c1=O)C1CCCc2ccccc21. The number of carbonyl (C=O) groups excluding carboxylic acids is 1. The molecule has 5 heteroatoms. The van der Waals surface area contributed by atoms with E-state index in [-0.39, 0.29) is 23.1 Å². The maximum absolute atomic E-state index is 12.5. The summed E-state index contributed by atoms with van der Waals surface area (Å²) in [6, 6.07) is 9.64. The topological polar surface area (TPSA) is 62.0 Å². The van der Waals surface area contributed by atoms with Gasteiger partial charge in [0.05, 0.1) is 5.92 Å². The second-order valence-corrected chi connectivity index (χ2v) is 6.11. The van der Waals surface area contributed by atoms with Gasteiger partial charge in [-0.2, -0.15) is 0 Å². The summed E-state index contributed by atoms with van der Waals surface area (Å²) in [5.74, 6) is -0.306. The number of fused-ring (bicyclic) bond motifs is 1. The van der Waals surface area contributed by atoms with Crippen LogP contribution in [0, 0.1) is 0 Å². The molecular weight excluding hydrogens is 332 g/mol. The van der Waals surface area contributed by atoms with Crippen molar-refractivity contribution in [3.8, 4) is 0 Å². The predicted octanol–water partition coefficient (Wildman–Crippen LogP) is 3.20. The van der Waals surface area contributed by atoms with Gasteiger partial charge in [-0.3, -0.25) is 9.59 Å². The highest BCUT2D eigenvalue weighted by atomic mass is 79.9. The van der Waals surface area contributed by atoms with Gasteiger partial charge in [0.25, 0.3) is 5.56 Å². The van der Waals surface area contributed by atoms with Gasteiger partial charge in [0.15, 0.2) is 0 Å². The van der Waals surface area contributed by atoms with Crippen molar-refractivity contribution in [2.45, 2.75) is 25.2 Å². The Balaban J connectivity index is 1.87. The van der Waals surface area contributed by atoms with Crippen LogP contribution in [0.5, 0.6) is 0 Å². The molecule has 3 rings (SSSR count). The minimum Gasteiger partial charge on any atom is -0.326 e. The molecule has 1 amide bonds. The summed E-state index contributed by atoms with van der Waals surface area (Å²) in [6.45, 7) is 0. The van der Waals surface area contributed by atoms with Crippen molar-refractivity contribution in [2.75, 3.05) is 5.32 Å². The Morgan fingerprint density at radius 3 is 3.00 bits per heavy atom. The van der Waals surface area contributed by atoms with E-state index in [4.69, 9.17) is 0 Å². The fraction of sp³-hybridized carbons (Fsp3) is 0.250. The minimum atomic E-state index is -0.296. The predicted molar refractivity (Wildman–Crippen MR) is 85.5 cm³/mol. The molecule has 0 aliphatic heterocycles. The van der Waals surface area contributed by atoms with E-state index in [0.717, 1.165) is 29.3 Å². The third-order valence-corrected chi connectivity index (χ3v) is 4.27. The molecule has 108 valence electrons. The van der Waals surface area contributed by atoms with Gasteiger partial charge in [-0.1, -0.05) is 24.3 Å². The third-order valence-electron chi connectivity index (χ3n) is 3.81. The van der Waals surface area contributed by atoms with Gasteiger partial charge in [0.1, 0.15) is 5.69 Å². The zero-order chi connectivity index (χ0) is 14.8. The zero-order valence-corrected chi connectivity index (χ0v) is 12.9. The van der Waals surface area contributed by atoms with Crippen molar-refractivity contribution >= 4 is 27.5 Å². The summed E-state index contributed by atoms with van der Waals surface area (Å²) in [4.78, 5) is 26.8. The number of amides is 1. The molecule has 0 spiro atoms. The van der Waals surface area contributed by atoms with Crippen LogP contribution in [-0.2, 0) is 11.2 Å². The molecule has 0 radical (unpaired) electrons. The van der Waals surface area contributed by atoms with E-state index in [0.29, 0.717) is 0 Å². The summed E-state index contributed by atoms with van der Waals surface area (Å²) in [7, 11) is 0. The van der Waals surface area contributed by atoms with Gasteiger partial charge in [0.2, 0.25) is 5.91 Å². The summed E-state index contributed by atoms with van der Waals surface area (Å²) >= 11 is 3.29.